The molecule has 20 heavy (non-hydrogen) atoms. The van der Waals surface area contributed by atoms with Crippen LogP contribution in [0.1, 0.15) is 30.4 Å². The molecule has 104 valence electrons. The Morgan fingerprint density at radius 3 is 2.85 bits per heavy atom. The van der Waals surface area contributed by atoms with E-state index in [0.29, 0.717) is 23.9 Å². The van der Waals surface area contributed by atoms with Crippen LogP contribution in [0.5, 0.6) is 0 Å². The van der Waals surface area contributed by atoms with Crippen molar-refractivity contribution in [2.45, 2.75) is 31.8 Å². The topological polar surface area (TPSA) is 73.1 Å². The van der Waals surface area contributed by atoms with E-state index >= 15 is 0 Å². The molecule has 1 aromatic carbocycles. The molecule has 2 aliphatic rings. The number of hydrogen-bond acceptors (Lipinski definition) is 3. The molecule has 0 radical (unpaired) electrons. The van der Waals surface area contributed by atoms with Gasteiger partial charge in [-0.1, -0.05) is 18.2 Å². The summed E-state index contributed by atoms with van der Waals surface area (Å²) in [5.74, 6) is -0.122. The molecule has 2 N–H and O–H groups in total. The van der Waals surface area contributed by atoms with Gasteiger partial charge in [0.25, 0.3) is 0 Å². The summed E-state index contributed by atoms with van der Waals surface area (Å²) >= 11 is 0. The number of fused-ring (bicyclic) bond motifs is 2. The Hall–Kier alpha value is -1.86. The molecular weight excluding hydrogens is 252 g/mol. The first-order chi connectivity index (χ1) is 9.70. The van der Waals surface area contributed by atoms with E-state index in [9.17, 15) is 9.90 Å². The number of nitrogens with one attached hydrogen (secondary N) is 1. The van der Waals surface area contributed by atoms with E-state index in [4.69, 9.17) is 5.26 Å². The van der Waals surface area contributed by atoms with Gasteiger partial charge in [-0.2, -0.15) is 5.26 Å². The molecule has 0 spiro atoms. The van der Waals surface area contributed by atoms with Crippen molar-refractivity contribution in [3.8, 4) is 6.07 Å². The van der Waals surface area contributed by atoms with E-state index in [0.717, 1.165) is 24.8 Å². The third-order valence-electron chi connectivity index (χ3n) is 4.87. The summed E-state index contributed by atoms with van der Waals surface area (Å²) in [6, 6.07) is 9.72. The molecule has 1 aromatic rings. The Bertz CT molecular complexity index is 564. The SMILES string of the molecule is N#Cc1ccccc1CNC1C2CCC(C2)C1C(=O)O. The Balaban J connectivity index is 1.72. The summed E-state index contributed by atoms with van der Waals surface area (Å²) in [6.07, 6.45) is 3.22. The first kappa shape index (κ1) is 13.1. The highest BCUT2D eigenvalue weighted by atomic mass is 16.4. The lowest BCUT2D eigenvalue weighted by Crippen LogP contribution is -2.43. The minimum Gasteiger partial charge on any atom is -0.481 e. The molecule has 2 aliphatic carbocycles. The lowest BCUT2D eigenvalue weighted by atomic mass is 9.84. The van der Waals surface area contributed by atoms with Crippen molar-refractivity contribution in [2.24, 2.45) is 17.8 Å². The molecule has 3 rings (SSSR count). The third-order valence-corrected chi connectivity index (χ3v) is 4.87. The number of carbonyl (C=O) groups is 1. The van der Waals surface area contributed by atoms with Crippen molar-refractivity contribution < 1.29 is 9.90 Å². The smallest absolute Gasteiger partial charge is 0.308 e. The van der Waals surface area contributed by atoms with E-state index in [1.165, 1.54) is 0 Å². The van der Waals surface area contributed by atoms with Crippen molar-refractivity contribution in [1.29, 1.82) is 5.26 Å². The van der Waals surface area contributed by atoms with Crippen molar-refractivity contribution in [3.05, 3.63) is 35.4 Å². The lowest BCUT2D eigenvalue weighted by molar-refractivity contribution is -0.144. The van der Waals surface area contributed by atoms with Gasteiger partial charge in [0, 0.05) is 12.6 Å². The van der Waals surface area contributed by atoms with Gasteiger partial charge in [-0.05, 0) is 42.7 Å². The van der Waals surface area contributed by atoms with Crippen LogP contribution in [-0.2, 0) is 11.3 Å². The highest BCUT2D eigenvalue weighted by Gasteiger charge is 2.50. The molecule has 4 atom stereocenters. The van der Waals surface area contributed by atoms with Crippen molar-refractivity contribution in [2.75, 3.05) is 0 Å². The van der Waals surface area contributed by atoms with Crippen LogP contribution < -0.4 is 5.32 Å². The quantitative estimate of drug-likeness (QED) is 0.879. The molecule has 2 bridgehead atoms. The zero-order valence-electron chi connectivity index (χ0n) is 11.2. The average molecular weight is 270 g/mol. The Kier molecular flexibility index (Phi) is 3.45. The van der Waals surface area contributed by atoms with Gasteiger partial charge in [-0.3, -0.25) is 4.79 Å². The van der Waals surface area contributed by atoms with Crippen molar-refractivity contribution in [3.63, 3.8) is 0 Å². The standard InChI is InChI=1S/C16H18N2O2/c17-8-12-3-1-2-4-13(12)9-18-15-11-6-5-10(7-11)14(15)16(19)20/h1-4,10-11,14-15,18H,5-7,9H2,(H,19,20). The van der Waals surface area contributed by atoms with E-state index in [1.54, 1.807) is 6.07 Å². The molecule has 0 aliphatic heterocycles. The molecule has 2 fully saturated rings. The Morgan fingerprint density at radius 1 is 1.35 bits per heavy atom. The highest BCUT2D eigenvalue weighted by molar-refractivity contribution is 5.72. The van der Waals surface area contributed by atoms with E-state index in [2.05, 4.69) is 11.4 Å². The van der Waals surface area contributed by atoms with Gasteiger partial charge in [-0.25, -0.2) is 0 Å². The monoisotopic (exact) mass is 270 g/mol. The van der Waals surface area contributed by atoms with Gasteiger partial charge in [0.2, 0.25) is 0 Å². The second kappa shape index (κ2) is 5.26. The van der Waals surface area contributed by atoms with E-state index in [1.807, 2.05) is 18.2 Å². The van der Waals surface area contributed by atoms with E-state index in [-0.39, 0.29) is 12.0 Å². The number of hydrogen-bond donors (Lipinski definition) is 2. The molecule has 4 heteroatoms. The fourth-order valence-electron chi connectivity index (χ4n) is 3.95. The normalized spacial score (nSPS) is 31.1. The molecular formula is C16H18N2O2. The summed E-state index contributed by atoms with van der Waals surface area (Å²) in [7, 11) is 0. The zero-order chi connectivity index (χ0) is 14.1. The van der Waals surface area contributed by atoms with Crippen LogP contribution >= 0.6 is 0 Å². The number of aliphatic carboxylic acids is 1. The summed E-state index contributed by atoms with van der Waals surface area (Å²) in [6.45, 7) is 0.571. The maximum absolute atomic E-state index is 11.4. The van der Waals surface area contributed by atoms with Crippen molar-refractivity contribution >= 4 is 5.97 Å². The van der Waals surface area contributed by atoms with Crippen LogP contribution in [0.2, 0.25) is 0 Å². The summed E-state index contributed by atoms with van der Waals surface area (Å²) in [4.78, 5) is 11.4. The number of rotatable bonds is 4. The van der Waals surface area contributed by atoms with Gasteiger partial charge >= 0.3 is 5.97 Å². The number of nitrogens with zero attached hydrogens (tertiary/aromatic N) is 1. The summed E-state index contributed by atoms with van der Waals surface area (Å²) in [5.41, 5.74) is 1.61. The van der Waals surface area contributed by atoms with Crippen LogP contribution in [0.4, 0.5) is 0 Å². The van der Waals surface area contributed by atoms with Crippen LogP contribution in [0.15, 0.2) is 24.3 Å². The molecule has 4 nitrogen and oxygen atoms in total. The fraction of sp³-hybridized carbons (Fsp3) is 0.500. The van der Waals surface area contributed by atoms with Crippen LogP contribution in [0.3, 0.4) is 0 Å². The number of nitriles is 1. The molecule has 2 saturated carbocycles. The number of benzene rings is 1. The predicted octanol–water partition coefficient (Wildman–Crippen LogP) is 2.15. The molecule has 0 heterocycles. The van der Waals surface area contributed by atoms with Gasteiger partial charge < -0.3 is 10.4 Å². The van der Waals surface area contributed by atoms with E-state index < -0.39 is 5.97 Å². The zero-order valence-corrected chi connectivity index (χ0v) is 11.2. The van der Waals surface area contributed by atoms with Crippen LogP contribution in [0, 0.1) is 29.1 Å². The van der Waals surface area contributed by atoms with Gasteiger partial charge in [0.15, 0.2) is 0 Å². The third kappa shape index (κ3) is 2.19. The first-order valence-corrected chi connectivity index (χ1v) is 7.15. The molecule has 0 aromatic heterocycles. The summed E-state index contributed by atoms with van der Waals surface area (Å²) in [5, 5.41) is 21.9. The van der Waals surface area contributed by atoms with Gasteiger partial charge in [0.1, 0.15) is 0 Å². The van der Waals surface area contributed by atoms with Crippen molar-refractivity contribution in [1.82, 2.24) is 5.32 Å². The van der Waals surface area contributed by atoms with Gasteiger partial charge in [0.05, 0.1) is 17.6 Å². The lowest BCUT2D eigenvalue weighted by Gasteiger charge is -2.29. The maximum atomic E-state index is 11.4. The Labute approximate surface area is 118 Å². The fourth-order valence-corrected chi connectivity index (χ4v) is 3.95. The maximum Gasteiger partial charge on any atom is 0.308 e. The van der Waals surface area contributed by atoms with Crippen LogP contribution in [-0.4, -0.2) is 17.1 Å². The average Bonchev–Trinajstić information content (AvgIpc) is 3.05. The largest absolute Gasteiger partial charge is 0.481 e. The molecule has 0 saturated heterocycles. The molecule has 4 unspecified atom stereocenters. The summed E-state index contributed by atoms with van der Waals surface area (Å²) < 4.78 is 0. The Morgan fingerprint density at radius 2 is 2.10 bits per heavy atom. The predicted molar refractivity (Wildman–Crippen MR) is 73.7 cm³/mol. The highest BCUT2D eigenvalue weighted by Crippen LogP contribution is 2.48. The minimum atomic E-state index is -0.678. The minimum absolute atomic E-state index is 0.0537. The second-order valence-corrected chi connectivity index (χ2v) is 5.87. The van der Waals surface area contributed by atoms with Crippen LogP contribution in [0.25, 0.3) is 0 Å². The second-order valence-electron chi connectivity index (χ2n) is 5.87. The number of carboxylic acid groups (broad SMARTS) is 1. The first-order valence-electron chi connectivity index (χ1n) is 7.15. The molecule has 0 amide bonds. The van der Waals surface area contributed by atoms with Gasteiger partial charge in [-0.15, -0.1) is 0 Å². The number of carboxylic acids is 1.